The number of benzene rings is 1. The number of alkyl halides is 3. The Morgan fingerprint density at radius 3 is 2.06 bits per heavy atom. The molecule has 1 nitrogen and oxygen atoms in total. The molecule has 0 N–H and O–H groups in total. The molecule has 0 aliphatic heterocycles. The molecule has 88 valence electrons. The summed E-state index contributed by atoms with van der Waals surface area (Å²) in [6, 6.07) is 7.06. The lowest BCUT2D eigenvalue weighted by molar-refractivity contribution is -0.151. The Morgan fingerprint density at radius 1 is 1.12 bits per heavy atom. The highest BCUT2D eigenvalue weighted by atomic mass is 19.4. The summed E-state index contributed by atoms with van der Waals surface area (Å²) in [5.41, 5.74) is 1.73. The Labute approximate surface area is 92.3 Å². The standard InChI is InChI=1S/C12H13F3O/c1-2-9-3-5-10(6-4-9)7-11(16)8-12(13,14)15/h3-6H,2,7-8H2,1H3. The van der Waals surface area contributed by atoms with Crippen LogP contribution in [0.25, 0.3) is 0 Å². The average molecular weight is 230 g/mol. The van der Waals surface area contributed by atoms with Gasteiger partial charge in [-0.15, -0.1) is 0 Å². The number of halogens is 3. The molecule has 0 aliphatic carbocycles. The van der Waals surface area contributed by atoms with E-state index in [-0.39, 0.29) is 6.42 Å². The predicted octanol–water partition coefficient (Wildman–Crippen LogP) is 3.31. The second-order valence-electron chi connectivity index (χ2n) is 3.68. The maximum Gasteiger partial charge on any atom is 0.395 e. The zero-order valence-electron chi connectivity index (χ0n) is 8.97. The summed E-state index contributed by atoms with van der Waals surface area (Å²) in [7, 11) is 0. The molecule has 0 aromatic heterocycles. The van der Waals surface area contributed by atoms with Crippen LogP contribution in [0.3, 0.4) is 0 Å². The zero-order chi connectivity index (χ0) is 12.2. The van der Waals surface area contributed by atoms with Gasteiger partial charge in [0.1, 0.15) is 12.2 Å². The van der Waals surface area contributed by atoms with Crippen LogP contribution in [0.15, 0.2) is 24.3 Å². The fourth-order valence-corrected chi connectivity index (χ4v) is 1.41. The highest BCUT2D eigenvalue weighted by molar-refractivity contribution is 5.81. The first-order valence-electron chi connectivity index (χ1n) is 5.07. The van der Waals surface area contributed by atoms with Crippen LogP contribution < -0.4 is 0 Å². The molecule has 1 rings (SSSR count). The molecule has 0 atom stereocenters. The number of carbonyl (C=O) groups is 1. The van der Waals surface area contributed by atoms with Gasteiger partial charge in [0.25, 0.3) is 0 Å². The van der Waals surface area contributed by atoms with Gasteiger partial charge in [-0.05, 0) is 17.5 Å². The first-order valence-corrected chi connectivity index (χ1v) is 5.07. The van der Waals surface area contributed by atoms with Crippen LogP contribution in [0.1, 0.15) is 24.5 Å². The minimum Gasteiger partial charge on any atom is -0.299 e. The van der Waals surface area contributed by atoms with Gasteiger partial charge in [-0.25, -0.2) is 0 Å². The van der Waals surface area contributed by atoms with E-state index in [1.165, 1.54) is 0 Å². The van der Waals surface area contributed by atoms with Gasteiger partial charge in [-0.1, -0.05) is 31.2 Å². The number of rotatable bonds is 4. The SMILES string of the molecule is CCc1ccc(CC(=O)CC(F)(F)F)cc1. The molecule has 1 aromatic rings. The van der Waals surface area contributed by atoms with E-state index in [0.717, 1.165) is 12.0 Å². The number of ketones is 1. The number of hydrogen-bond donors (Lipinski definition) is 0. The minimum atomic E-state index is -4.40. The van der Waals surface area contributed by atoms with Crippen molar-refractivity contribution >= 4 is 5.78 Å². The molecule has 0 unspecified atom stereocenters. The third kappa shape index (κ3) is 4.47. The van der Waals surface area contributed by atoms with E-state index in [2.05, 4.69) is 0 Å². The van der Waals surface area contributed by atoms with Crippen molar-refractivity contribution in [1.29, 1.82) is 0 Å². The summed E-state index contributed by atoms with van der Waals surface area (Å²) < 4.78 is 35.7. The minimum absolute atomic E-state index is 0.149. The van der Waals surface area contributed by atoms with Gasteiger partial charge in [-0.2, -0.15) is 13.2 Å². The fraction of sp³-hybridized carbons (Fsp3) is 0.417. The van der Waals surface area contributed by atoms with Gasteiger partial charge >= 0.3 is 6.18 Å². The molecule has 0 heterocycles. The van der Waals surface area contributed by atoms with Crippen LogP contribution in [0, 0.1) is 0 Å². The Kier molecular flexibility index (Phi) is 4.10. The van der Waals surface area contributed by atoms with E-state index < -0.39 is 18.4 Å². The van der Waals surface area contributed by atoms with Crippen molar-refractivity contribution in [2.24, 2.45) is 0 Å². The molecular formula is C12H13F3O. The van der Waals surface area contributed by atoms with Gasteiger partial charge in [0, 0.05) is 6.42 Å². The number of aryl methyl sites for hydroxylation is 1. The summed E-state index contributed by atoms with van der Waals surface area (Å²) in [4.78, 5) is 11.1. The number of Topliss-reactive ketones (excluding diaryl/α,β-unsaturated/α-hetero) is 1. The number of hydrogen-bond acceptors (Lipinski definition) is 1. The molecular weight excluding hydrogens is 217 g/mol. The highest BCUT2D eigenvalue weighted by Gasteiger charge is 2.30. The van der Waals surface area contributed by atoms with Gasteiger partial charge in [0.05, 0.1) is 0 Å². The topological polar surface area (TPSA) is 17.1 Å². The quantitative estimate of drug-likeness (QED) is 0.775. The molecule has 0 saturated carbocycles. The molecule has 0 fully saturated rings. The zero-order valence-corrected chi connectivity index (χ0v) is 8.97. The van der Waals surface area contributed by atoms with E-state index in [1.807, 2.05) is 19.1 Å². The third-order valence-electron chi connectivity index (χ3n) is 2.23. The van der Waals surface area contributed by atoms with Gasteiger partial charge in [0.2, 0.25) is 0 Å². The second-order valence-corrected chi connectivity index (χ2v) is 3.68. The Hall–Kier alpha value is -1.32. The van der Waals surface area contributed by atoms with E-state index in [4.69, 9.17) is 0 Å². The molecule has 0 amide bonds. The van der Waals surface area contributed by atoms with Gasteiger partial charge in [-0.3, -0.25) is 4.79 Å². The van der Waals surface area contributed by atoms with Crippen molar-refractivity contribution in [3.05, 3.63) is 35.4 Å². The molecule has 16 heavy (non-hydrogen) atoms. The average Bonchev–Trinajstić information content (AvgIpc) is 2.16. The molecule has 0 radical (unpaired) electrons. The summed E-state index contributed by atoms with van der Waals surface area (Å²) in [5, 5.41) is 0. The molecule has 4 heteroatoms. The second kappa shape index (κ2) is 5.14. The van der Waals surface area contributed by atoms with E-state index >= 15 is 0 Å². The van der Waals surface area contributed by atoms with E-state index in [9.17, 15) is 18.0 Å². The van der Waals surface area contributed by atoms with Crippen molar-refractivity contribution in [2.75, 3.05) is 0 Å². The summed E-state index contributed by atoms with van der Waals surface area (Å²) in [5.74, 6) is -0.795. The van der Waals surface area contributed by atoms with Crippen LogP contribution in [0.2, 0.25) is 0 Å². The lowest BCUT2D eigenvalue weighted by atomic mass is 10.0. The smallest absolute Gasteiger partial charge is 0.299 e. The van der Waals surface area contributed by atoms with Crippen LogP contribution >= 0.6 is 0 Å². The normalized spacial score (nSPS) is 11.5. The first-order chi connectivity index (χ1) is 7.40. The summed E-state index contributed by atoms with van der Waals surface area (Å²) in [6.45, 7) is 1.99. The predicted molar refractivity (Wildman–Crippen MR) is 55.2 cm³/mol. The van der Waals surface area contributed by atoms with Crippen molar-refractivity contribution in [3.63, 3.8) is 0 Å². The van der Waals surface area contributed by atoms with Crippen LogP contribution in [0.5, 0.6) is 0 Å². The van der Waals surface area contributed by atoms with Crippen molar-refractivity contribution in [2.45, 2.75) is 32.4 Å². The monoisotopic (exact) mass is 230 g/mol. The van der Waals surface area contributed by atoms with E-state index in [1.54, 1.807) is 12.1 Å². The van der Waals surface area contributed by atoms with Gasteiger partial charge in [0.15, 0.2) is 0 Å². The first kappa shape index (κ1) is 12.7. The van der Waals surface area contributed by atoms with Crippen LogP contribution in [-0.4, -0.2) is 12.0 Å². The van der Waals surface area contributed by atoms with Crippen molar-refractivity contribution in [3.8, 4) is 0 Å². The highest BCUT2D eigenvalue weighted by Crippen LogP contribution is 2.20. The maximum absolute atomic E-state index is 11.9. The Balaban J connectivity index is 2.56. The van der Waals surface area contributed by atoms with Crippen molar-refractivity contribution < 1.29 is 18.0 Å². The molecule has 0 spiro atoms. The maximum atomic E-state index is 11.9. The lowest BCUT2D eigenvalue weighted by Crippen LogP contribution is -2.16. The third-order valence-corrected chi connectivity index (χ3v) is 2.23. The molecule has 1 aromatic carbocycles. The Morgan fingerprint density at radius 2 is 1.62 bits per heavy atom. The fourth-order valence-electron chi connectivity index (χ4n) is 1.41. The molecule has 0 bridgehead atoms. The van der Waals surface area contributed by atoms with Crippen LogP contribution in [-0.2, 0) is 17.6 Å². The summed E-state index contributed by atoms with van der Waals surface area (Å²) in [6.07, 6.45) is -5.02. The Bertz CT molecular complexity index is 352. The molecule has 0 aliphatic rings. The van der Waals surface area contributed by atoms with E-state index in [0.29, 0.717) is 5.56 Å². The van der Waals surface area contributed by atoms with Crippen molar-refractivity contribution in [1.82, 2.24) is 0 Å². The van der Waals surface area contributed by atoms with Crippen LogP contribution in [0.4, 0.5) is 13.2 Å². The lowest BCUT2D eigenvalue weighted by Gasteiger charge is -2.05. The molecule has 0 saturated heterocycles. The van der Waals surface area contributed by atoms with Gasteiger partial charge < -0.3 is 0 Å². The summed E-state index contributed by atoms with van der Waals surface area (Å²) >= 11 is 0. The largest absolute Gasteiger partial charge is 0.395 e. The number of carbonyl (C=O) groups excluding carboxylic acids is 1.